The lowest BCUT2D eigenvalue weighted by molar-refractivity contribution is -0.00996. The molecule has 0 saturated heterocycles. The molecule has 8 unspecified atom stereocenters. The lowest BCUT2D eigenvalue weighted by atomic mass is 9.64. The molecule has 0 amide bonds. The first kappa shape index (κ1) is 38.6. The van der Waals surface area contributed by atoms with Crippen molar-refractivity contribution in [3.8, 4) is 0 Å². The van der Waals surface area contributed by atoms with Gasteiger partial charge < -0.3 is 16.4 Å². The highest BCUT2D eigenvalue weighted by Gasteiger charge is 2.44. The number of alkyl halides is 4. The van der Waals surface area contributed by atoms with Gasteiger partial charge in [0.15, 0.2) is 0 Å². The van der Waals surface area contributed by atoms with Crippen molar-refractivity contribution in [2.75, 3.05) is 0 Å². The van der Waals surface area contributed by atoms with Crippen molar-refractivity contribution in [2.24, 2.45) is 59.2 Å². The second-order valence-corrected chi connectivity index (χ2v) is 14.9. The molecular formula is C34H68F4O3. The van der Waals surface area contributed by atoms with Gasteiger partial charge >= 0.3 is 0 Å². The molecule has 5 fully saturated rings. The van der Waals surface area contributed by atoms with Crippen molar-refractivity contribution in [3.63, 3.8) is 0 Å². The minimum Gasteiger partial charge on any atom is -0.412 e. The number of rotatable bonds is 3. The average Bonchev–Trinajstić information content (AvgIpc) is 2.92. The van der Waals surface area contributed by atoms with Crippen molar-refractivity contribution < 1.29 is 36.8 Å². The minimum atomic E-state index is -1.21. The zero-order chi connectivity index (χ0) is 27.4. The summed E-state index contributed by atoms with van der Waals surface area (Å²) < 4.78 is 56.1. The van der Waals surface area contributed by atoms with Crippen LogP contribution in [0.25, 0.3) is 0 Å². The van der Waals surface area contributed by atoms with E-state index in [1.165, 1.54) is 51.4 Å². The second-order valence-electron chi connectivity index (χ2n) is 14.9. The molecule has 41 heavy (non-hydrogen) atoms. The van der Waals surface area contributed by atoms with Gasteiger partial charge in [-0.15, -0.1) is 0 Å². The zero-order valence-corrected chi connectivity index (χ0v) is 26.4. The SMILES string of the molecule is CC1CCC(C2CCC(C)C(F)C2F)CC1.CC1CCC(C2CCC(C3CCC(C)C(F)C3F)CC2)CC1.O.O.O.[HH].[HH]. The van der Waals surface area contributed by atoms with Crippen LogP contribution >= 0.6 is 0 Å². The van der Waals surface area contributed by atoms with E-state index >= 15 is 0 Å². The van der Waals surface area contributed by atoms with Crippen molar-refractivity contribution >= 4 is 0 Å². The number of halogens is 4. The van der Waals surface area contributed by atoms with Crippen LogP contribution in [0.5, 0.6) is 0 Å². The highest BCUT2D eigenvalue weighted by molar-refractivity contribution is 4.93. The fourth-order valence-electron chi connectivity index (χ4n) is 9.15. The van der Waals surface area contributed by atoms with Gasteiger partial charge in [0, 0.05) is 2.85 Å². The standard InChI is InChI=1S/C20H34F2.C14H24F2.3H2O.2H2/c1-13-3-6-15(7-4-13)16-8-10-17(11-9-16)18-12-5-14(2)19(21)20(18)22;1-9-3-6-11(7-4-9)12-8-5-10(2)13(15)14(12)16;;;;;/h13-20H,3-12H2,1-2H3;9-14H,3-8H2,1-2H3;3*1H2;2*1H. The first-order chi connectivity index (χ1) is 18.2. The molecule has 5 aliphatic carbocycles. The van der Waals surface area contributed by atoms with Gasteiger partial charge in [0.05, 0.1) is 0 Å². The maximum absolute atomic E-state index is 14.4. The Morgan fingerprint density at radius 1 is 0.341 bits per heavy atom. The van der Waals surface area contributed by atoms with Gasteiger partial charge in [-0.3, -0.25) is 0 Å². The third-order valence-corrected chi connectivity index (χ3v) is 12.2. The van der Waals surface area contributed by atoms with Gasteiger partial charge in [-0.2, -0.15) is 0 Å². The molecule has 0 aliphatic heterocycles. The Labute approximate surface area is 251 Å². The van der Waals surface area contributed by atoms with E-state index in [1.54, 1.807) is 0 Å². The molecule has 5 rings (SSSR count). The van der Waals surface area contributed by atoms with Crippen molar-refractivity contribution in [3.05, 3.63) is 0 Å². The van der Waals surface area contributed by atoms with E-state index in [1.807, 2.05) is 13.8 Å². The molecule has 0 aromatic carbocycles. The van der Waals surface area contributed by atoms with Crippen LogP contribution in [0.15, 0.2) is 0 Å². The molecule has 0 bridgehead atoms. The molecule has 250 valence electrons. The molecule has 5 saturated carbocycles. The van der Waals surface area contributed by atoms with Crippen LogP contribution in [0.3, 0.4) is 0 Å². The van der Waals surface area contributed by atoms with Crippen LogP contribution in [0.2, 0.25) is 0 Å². The smallest absolute Gasteiger partial charge is 0.134 e. The third-order valence-electron chi connectivity index (χ3n) is 12.2. The topological polar surface area (TPSA) is 94.5 Å². The molecule has 0 aromatic heterocycles. The maximum atomic E-state index is 14.4. The van der Waals surface area contributed by atoms with Crippen molar-refractivity contribution in [2.45, 2.75) is 155 Å². The molecule has 8 atom stereocenters. The van der Waals surface area contributed by atoms with Gasteiger partial charge in [-0.25, -0.2) is 17.6 Å². The van der Waals surface area contributed by atoms with Crippen LogP contribution in [0, 0.1) is 59.2 Å². The molecule has 6 N–H and O–H groups in total. The maximum Gasteiger partial charge on any atom is 0.134 e. The highest BCUT2D eigenvalue weighted by Crippen LogP contribution is 2.47. The van der Waals surface area contributed by atoms with Crippen LogP contribution in [0.1, 0.15) is 133 Å². The Morgan fingerprint density at radius 3 is 0.951 bits per heavy atom. The number of hydrogen-bond donors (Lipinski definition) is 0. The summed E-state index contributed by atoms with van der Waals surface area (Å²) in [6.45, 7) is 8.36. The normalized spacial score (nSPS) is 46.8. The Balaban J connectivity index is 0. The van der Waals surface area contributed by atoms with E-state index in [0.29, 0.717) is 11.8 Å². The molecular weight excluding hydrogens is 532 g/mol. The van der Waals surface area contributed by atoms with E-state index in [2.05, 4.69) is 13.8 Å². The van der Waals surface area contributed by atoms with E-state index < -0.39 is 24.7 Å². The first-order valence-electron chi connectivity index (χ1n) is 16.7. The van der Waals surface area contributed by atoms with Gasteiger partial charge in [0.2, 0.25) is 0 Å². The van der Waals surface area contributed by atoms with Crippen molar-refractivity contribution in [1.29, 1.82) is 0 Å². The molecule has 0 aromatic rings. The predicted octanol–water partition coefficient (Wildman–Crippen LogP) is 8.89. The lowest BCUT2D eigenvalue weighted by Gasteiger charge is -2.42. The Bertz CT molecular complexity index is 701. The number of hydrogen-bond acceptors (Lipinski definition) is 0. The molecule has 3 nitrogen and oxygen atoms in total. The second kappa shape index (κ2) is 17.8. The third kappa shape index (κ3) is 9.80. The largest absolute Gasteiger partial charge is 0.412 e. The predicted molar refractivity (Wildman–Crippen MR) is 166 cm³/mol. The summed E-state index contributed by atoms with van der Waals surface area (Å²) >= 11 is 0. The summed E-state index contributed by atoms with van der Waals surface area (Å²) in [4.78, 5) is 0. The van der Waals surface area contributed by atoms with Gasteiger partial charge in [-0.1, -0.05) is 53.4 Å². The monoisotopic (exact) mass is 601 g/mol. The Kier molecular flexibility index (Phi) is 16.8. The van der Waals surface area contributed by atoms with Gasteiger partial charge in [0.25, 0.3) is 0 Å². The fraction of sp³-hybridized carbons (Fsp3) is 1.00. The van der Waals surface area contributed by atoms with Crippen LogP contribution in [0.4, 0.5) is 17.6 Å². The quantitative estimate of drug-likeness (QED) is 0.289. The van der Waals surface area contributed by atoms with E-state index in [0.717, 1.165) is 75.0 Å². The van der Waals surface area contributed by atoms with E-state index in [4.69, 9.17) is 0 Å². The summed E-state index contributed by atoms with van der Waals surface area (Å²) in [5, 5.41) is 0. The summed E-state index contributed by atoms with van der Waals surface area (Å²) in [6.07, 6.45) is 13.9. The van der Waals surface area contributed by atoms with E-state index in [-0.39, 0.29) is 43.0 Å². The Hall–Kier alpha value is -0.400. The van der Waals surface area contributed by atoms with Crippen LogP contribution in [-0.2, 0) is 0 Å². The molecule has 0 heterocycles. The van der Waals surface area contributed by atoms with Crippen LogP contribution in [-0.4, -0.2) is 41.1 Å². The summed E-state index contributed by atoms with van der Waals surface area (Å²) in [5.74, 6) is 4.31. The highest BCUT2D eigenvalue weighted by atomic mass is 19.2. The fourth-order valence-corrected chi connectivity index (χ4v) is 9.15. The summed E-state index contributed by atoms with van der Waals surface area (Å²) in [7, 11) is 0. The minimum absolute atomic E-state index is 0. The molecule has 0 radical (unpaired) electrons. The zero-order valence-electron chi connectivity index (χ0n) is 26.4. The molecule has 0 spiro atoms. The Morgan fingerprint density at radius 2 is 0.610 bits per heavy atom. The first-order valence-corrected chi connectivity index (χ1v) is 16.7. The lowest BCUT2D eigenvalue weighted by Crippen LogP contribution is -2.41. The average molecular weight is 601 g/mol. The molecule has 5 aliphatic rings. The van der Waals surface area contributed by atoms with Gasteiger partial charge in [0.1, 0.15) is 24.7 Å². The van der Waals surface area contributed by atoms with Crippen LogP contribution < -0.4 is 0 Å². The van der Waals surface area contributed by atoms with Gasteiger partial charge in [-0.05, 0) is 136 Å². The molecule has 7 heteroatoms. The van der Waals surface area contributed by atoms with E-state index in [9.17, 15) is 17.6 Å². The summed E-state index contributed by atoms with van der Waals surface area (Å²) in [6, 6.07) is 0. The van der Waals surface area contributed by atoms with Crippen molar-refractivity contribution in [1.82, 2.24) is 0 Å². The summed E-state index contributed by atoms with van der Waals surface area (Å²) in [5.41, 5.74) is 0.